The molecular weight excluding hydrogens is 372 g/mol. The van der Waals surface area contributed by atoms with Gasteiger partial charge in [0.2, 0.25) is 12.7 Å². The fraction of sp³-hybridized carbons (Fsp3) is 0.190. The average Bonchev–Trinajstić information content (AvgIpc) is 3.21. The number of ether oxygens (including phenoxy) is 3. The highest BCUT2D eigenvalue weighted by Gasteiger charge is 2.13. The number of hydrogen-bond acceptors (Lipinski definition) is 8. The molecule has 1 aliphatic rings. The number of esters is 1. The van der Waals surface area contributed by atoms with Gasteiger partial charge in [-0.15, -0.1) is 0 Å². The van der Waals surface area contributed by atoms with Crippen LogP contribution in [0.3, 0.4) is 0 Å². The van der Waals surface area contributed by atoms with Crippen LogP contribution in [0.4, 0.5) is 17.5 Å². The first-order chi connectivity index (χ1) is 14.2. The summed E-state index contributed by atoms with van der Waals surface area (Å²) in [4.78, 5) is 20.4. The molecule has 8 heteroatoms. The third kappa shape index (κ3) is 4.55. The first kappa shape index (κ1) is 18.5. The summed E-state index contributed by atoms with van der Waals surface area (Å²) in [7, 11) is 0. The molecule has 0 saturated heterocycles. The fourth-order valence-electron chi connectivity index (χ4n) is 2.80. The molecular formula is C21H20N4O4. The second-order valence-electron chi connectivity index (χ2n) is 6.23. The van der Waals surface area contributed by atoms with Crippen LogP contribution >= 0.6 is 0 Å². The number of hydrogen-bond donors (Lipinski definition) is 2. The van der Waals surface area contributed by atoms with E-state index < -0.39 is 0 Å². The maximum absolute atomic E-state index is 11.7. The number of rotatable bonds is 7. The van der Waals surface area contributed by atoms with Crippen LogP contribution in [0.2, 0.25) is 0 Å². The molecule has 0 spiro atoms. The van der Waals surface area contributed by atoms with Crippen molar-refractivity contribution >= 4 is 23.4 Å². The van der Waals surface area contributed by atoms with Gasteiger partial charge < -0.3 is 24.8 Å². The Bertz CT molecular complexity index is 1010. The molecule has 0 atom stereocenters. The summed E-state index contributed by atoms with van der Waals surface area (Å²) in [6.07, 6.45) is 1.67. The molecule has 1 aliphatic heterocycles. The minimum atomic E-state index is -0.337. The zero-order valence-corrected chi connectivity index (χ0v) is 15.8. The lowest BCUT2D eigenvalue weighted by Crippen LogP contribution is -2.06. The maximum atomic E-state index is 11.7. The number of fused-ring (bicyclic) bond motifs is 1. The molecule has 1 aromatic heterocycles. The van der Waals surface area contributed by atoms with Gasteiger partial charge in [0.05, 0.1) is 12.2 Å². The van der Waals surface area contributed by atoms with E-state index in [0.717, 1.165) is 22.7 Å². The molecule has 0 fully saturated rings. The third-order valence-electron chi connectivity index (χ3n) is 4.21. The molecule has 29 heavy (non-hydrogen) atoms. The van der Waals surface area contributed by atoms with Gasteiger partial charge in [-0.1, -0.05) is 6.07 Å². The molecule has 0 amide bonds. The molecule has 0 bridgehead atoms. The van der Waals surface area contributed by atoms with Crippen molar-refractivity contribution in [1.29, 1.82) is 0 Å². The van der Waals surface area contributed by atoms with E-state index in [4.69, 9.17) is 14.2 Å². The van der Waals surface area contributed by atoms with Crippen molar-refractivity contribution in [3.63, 3.8) is 0 Å². The normalized spacial score (nSPS) is 11.8. The largest absolute Gasteiger partial charge is 0.462 e. The summed E-state index contributed by atoms with van der Waals surface area (Å²) in [5.41, 5.74) is 2.34. The Hall–Kier alpha value is -3.81. The molecule has 2 aromatic carbocycles. The third-order valence-corrected chi connectivity index (χ3v) is 4.21. The summed E-state index contributed by atoms with van der Waals surface area (Å²) in [5, 5.41) is 6.39. The van der Waals surface area contributed by atoms with Crippen LogP contribution in [0.15, 0.2) is 54.7 Å². The van der Waals surface area contributed by atoms with E-state index in [-0.39, 0.29) is 12.8 Å². The maximum Gasteiger partial charge on any atom is 0.338 e. The number of aromatic nitrogens is 2. The Labute approximate surface area is 167 Å². The van der Waals surface area contributed by atoms with E-state index in [1.807, 2.05) is 18.2 Å². The smallest absolute Gasteiger partial charge is 0.338 e. The molecule has 2 heterocycles. The number of nitrogens with zero attached hydrogens (tertiary/aromatic N) is 2. The van der Waals surface area contributed by atoms with Crippen LogP contribution in [0.1, 0.15) is 22.8 Å². The molecule has 148 valence electrons. The van der Waals surface area contributed by atoms with Gasteiger partial charge in [-0.2, -0.15) is 4.98 Å². The average molecular weight is 392 g/mol. The Morgan fingerprint density at radius 3 is 2.76 bits per heavy atom. The van der Waals surface area contributed by atoms with Crippen molar-refractivity contribution in [2.24, 2.45) is 0 Å². The van der Waals surface area contributed by atoms with Crippen molar-refractivity contribution in [2.75, 3.05) is 24.0 Å². The van der Waals surface area contributed by atoms with E-state index in [2.05, 4.69) is 20.6 Å². The number of anilines is 3. The summed E-state index contributed by atoms with van der Waals surface area (Å²) in [6.45, 7) is 2.93. The minimum absolute atomic E-state index is 0.254. The topological polar surface area (TPSA) is 94.6 Å². The molecule has 4 rings (SSSR count). The van der Waals surface area contributed by atoms with Gasteiger partial charge in [0.25, 0.3) is 0 Å². The molecule has 0 unspecified atom stereocenters. The van der Waals surface area contributed by atoms with E-state index in [9.17, 15) is 4.79 Å². The van der Waals surface area contributed by atoms with Crippen molar-refractivity contribution in [3.8, 4) is 11.5 Å². The van der Waals surface area contributed by atoms with Crippen molar-refractivity contribution in [2.45, 2.75) is 13.5 Å². The van der Waals surface area contributed by atoms with E-state index in [0.29, 0.717) is 30.5 Å². The Balaban J connectivity index is 1.38. The van der Waals surface area contributed by atoms with Crippen LogP contribution in [0.25, 0.3) is 0 Å². The fourth-order valence-corrected chi connectivity index (χ4v) is 2.80. The molecule has 0 saturated carbocycles. The molecule has 0 radical (unpaired) electrons. The summed E-state index contributed by atoms with van der Waals surface area (Å²) < 4.78 is 15.7. The highest BCUT2D eigenvalue weighted by molar-refractivity contribution is 5.89. The standard InChI is InChI=1S/C21H20N4O4/c1-2-27-20(26)15-4-6-16(7-5-15)24-19-9-10-22-21(25-19)23-12-14-3-8-17-18(11-14)29-13-28-17/h3-11H,2,12-13H2,1H3,(H2,22,23,24,25). The lowest BCUT2D eigenvalue weighted by Gasteiger charge is -2.09. The van der Waals surface area contributed by atoms with Crippen LogP contribution in [0.5, 0.6) is 11.5 Å². The Kier molecular flexibility index (Phi) is 5.42. The molecule has 0 aliphatic carbocycles. The first-order valence-electron chi connectivity index (χ1n) is 9.21. The van der Waals surface area contributed by atoms with Crippen molar-refractivity contribution in [1.82, 2.24) is 9.97 Å². The number of nitrogens with one attached hydrogen (secondary N) is 2. The molecule has 8 nitrogen and oxygen atoms in total. The molecule has 3 aromatic rings. The first-order valence-corrected chi connectivity index (χ1v) is 9.21. The second-order valence-corrected chi connectivity index (χ2v) is 6.23. The van der Waals surface area contributed by atoms with Gasteiger partial charge in [-0.25, -0.2) is 9.78 Å². The lowest BCUT2D eigenvalue weighted by atomic mass is 10.2. The van der Waals surface area contributed by atoms with Crippen LogP contribution in [-0.4, -0.2) is 29.3 Å². The Morgan fingerprint density at radius 1 is 1.10 bits per heavy atom. The van der Waals surface area contributed by atoms with Gasteiger partial charge in [0, 0.05) is 18.4 Å². The molecule has 2 N–H and O–H groups in total. The second kappa shape index (κ2) is 8.47. The zero-order valence-electron chi connectivity index (χ0n) is 15.8. The number of carbonyl (C=O) groups excluding carboxylic acids is 1. The monoisotopic (exact) mass is 392 g/mol. The van der Waals surface area contributed by atoms with Crippen molar-refractivity contribution in [3.05, 3.63) is 65.9 Å². The van der Waals surface area contributed by atoms with Gasteiger partial charge in [0.1, 0.15) is 5.82 Å². The minimum Gasteiger partial charge on any atom is -0.462 e. The van der Waals surface area contributed by atoms with Crippen LogP contribution in [-0.2, 0) is 11.3 Å². The predicted octanol–water partition coefficient (Wildman–Crippen LogP) is 3.74. The lowest BCUT2D eigenvalue weighted by molar-refractivity contribution is 0.0526. The van der Waals surface area contributed by atoms with Gasteiger partial charge >= 0.3 is 5.97 Å². The number of carbonyl (C=O) groups is 1. The van der Waals surface area contributed by atoms with Gasteiger partial charge in [-0.05, 0) is 55.0 Å². The van der Waals surface area contributed by atoms with E-state index in [1.54, 1.807) is 43.5 Å². The summed E-state index contributed by atoms with van der Waals surface area (Å²) in [5.74, 6) is 2.29. The summed E-state index contributed by atoms with van der Waals surface area (Å²) in [6, 6.07) is 14.6. The highest BCUT2D eigenvalue weighted by Crippen LogP contribution is 2.32. The van der Waals surface area contributed by atoms with Crippen LogP contribution < -0.4 is 20.1 Å². The summed E-state index contributed by atoms with van der Waals surface area (Å²) >= 11 is 0. The number of benzene rings is 2. The highest BCUT2D eigenvalue weighted by atomic mass is 16.7. The SMILES string of the molecule is CCOC(=O)c1ccc(Nc2ccnc(NCc3ccc4c(c3)OCO4)n2)cc1. The quantitative estimate of drug-likeness (QED) is 0.587. The Morgan fingerprint density at radius 2 is 1.93 bits per heavy atom. The van der Waals surface area contributed by atoms with Gasteiger partial charge in [0.15, 0.2) is 11.5 Å². The van der Waals surface area contributed by atoms with Crippen molar-refractivity contribution < 1.29 is 19.0 Å². The van der Waals surface area contributed by atoms with E-state index in [1.165, 1.54) is 0 Å². The zero-order chi connectivity index (χ0) is 20.1. The van der Waals surface area contributed by atoms with Crippen LogP contribution in [0, 0.1) is 0 Å². The predicted molar refractivity (Wildman–Crippen MR) is 108 cm³/mol. The van der Waals surface area contributed by atoms with E-state index >= 15 is 0 Å². The van der Waals surface area contributed by atoms with Gasteiger partial charge in [-0.3, -0.25) is 0 Å².